The van der Waals surface area contributed by atoms with Crippen molar-refractivity contribution < 1.29 is 0 Å². The predicted molar refractivity (Wildman–Crippen MR) is 59.9 cm³/mol. The minimum absolute atomic E-state index is 0.148. The summed E-state index contributed by atoms with van der Waals surface area (Å²) in [5.74, 6) is 0. The van der Waals surface area contributed by atoms with Crippen LogP contribution in [-0.2, 0) is 7.05 Å². The summed E-state index contributed by atoms with van der Waals surface area (Å²) in [6.45, 7) is 0. The van der Waals surface area contributed by atoms with Crippen molar-refractivity contribution in [1.82, 2.24) is 9.78 Å². The highest BCUT2D eigenvalue weighted by Crippen LogP contribution is 2.16. The minimum atomic E-state index is -0.148. The Hall–Kier alpha value is -1.61. The van der Waals surface area contributed by atoms with Crippen molar-refractivity contribution in [3.8, 4) is 11.1 Å². The standard InChI is InChI=1S/C11H9ClN2O/c1-14-11(15)9(7-10(12)13-14)8-5-3-2-4-6-8/h2-7H,1H3. The van der Waals surface area contributed by atoms with Gasteiger partial charge < -0.3 is 0 Å². The van der Waals surface area contributed by atoms with Gasteiger partial charge in [0.25, 0.3) is 5.56 Å². The van der Waals surface area contributed by atoms with Gasteiger partial charge in [0.2, 0.25) is 0 Å². The number of benzene rings is 1. The van der Waals surface area contributed by atoms with E-state index in [2.05, 4.69) is 5.10 Å². The van der Waals surface area contributed by atoms with Crippen LogP contribution in [0.1, 0.15) is 0 Å². The van der Waals surface area contributed by atoms with Gasteiger partial charge >= 0.3 is 0 Å². The van der Waals surface area contributed by atoms with Crippen LogP contribution in [0.2, 0.25) is 5.15 Å². The number of nitrogens with zero attached hydrogens (tertiary/aromatic N) is 2. The van der Waals surface area contributed by atoms with E-state index in [9.17, 15) is 4.79 Å². The van der Waals surface area contributed by atoms with Gasteiger partial charge in [0, 0.05) is 7.05 Å². The van der Waals surface area contributed by atoms with Crippen molar-refractivity contribution in [3.05, 3.63) is 51.9 Å². The van der Waals surface area contributed by atoms with Crippen LogP contribution < -0.4 is 5.56 Å². The first kappa shape index (κ1) is 9.93. The third-order valence-electron chi connectivity index (χ3n) is 2.12. The quantitative estimate of drug-likeness (QED) is 0.738. The second-order valence-corrected chi connectivity index (χ2v) is 3.56. The molecule has 0 unspecified atom stereocenters. The summed E-state index contributed by atoms with van der Waals surface area (Å²) in [4.78, 5) is 11.8. The number of aromatic nitrogens is 2. The Labute approximate surface area is 91.9 Å². The van der Waals surface area contributed by atoms with Gasteiger partial charge in [-0.05, 0) is 11.6 Å². The molecule has 0 aliphatic heterocycles. The van der Waals surface area contributed by atoms with E-state index in [1.165, 1.54) is 4.68 Å². The number of hydrogen-bond acceptors (Lipinski definition) is 2. The molecular weight excluding hydrogens is 212 g/mol. The molecule has 0 saturated carbocycles. The zero-order valence-corrected chi connectivity index (χ0v) is 8.90. The largest absolute Gasteiger partial charge is 0.274 e. The Kier molecular flexibility index (Phi) is 2.56. The lowest BCUT2D eigenvalue weighted by molar-refractivity contribution is 0.710. The molecule has 2 aromatic rings. The van der Waals surface area contributed by atoms with Gasteiger partial charge in [0.05, 0.1) is 5.56 Å². The minimum Gasteiger partial charge on any atom is -0.267 e. The Morgan fingerprint density at radius 3 is 2.60 bits per heavy atom. The topological polar surface area (TPSA) is 34.9 Å². The van der Waals surface area contributed by atoms with Gasteiger partial charge in [-0.2, -0.15) is 5.10 Å². The molecular formula is C11H9ClN2O. The lowest BCUT2D eigenvalue weighted by atomic mass is 10.1. The predicted octanol–water partition coefficient (Wildman–Crippen LogP) is 2.10. The maximum Gasteiger partial charge on any atom is 0.274 e. The monoisotopic (exact) mass is 220 g/mol. The normalized spacial score (nSPS) is 10.3. The molecule has 0 fully saturated rings. The van der Waals surface area contributed by atoms with E-state index in [4.69, 9.17) is 11.6 Å². The van der Waals surface area contributed by atoms with Gasteiger partial charge in [-0.15, -0.1) is 0 Å². The average Bonchev–Trinajstić information content (AvgIpc) is 2.24. The molecule has 1 heterocycles. The number of halogens is 1. The number of aryl methyl sites for hydroxylation is 1. The first-order chi connectivity index (χ1) is 7.18. The smallest absolute Gasteiger partial charge is 0.267 e. The van der Waals surface area contributed by atoms with Gasteiger partial charge in [-0.1, -0.05) is 41.9 Å². The molecule has 3 nitrogen and oxygen atoms in total. The van der Waals surface area contributed by atoms with E-state index in [0.29, 0.717) is 10.7 Å². The summed E-state index contributed by atoms with van der Waals surface area (Å²) < 4.78 is 1.24. The molecule has 0 spiro atoms. The molecule has 0 aliphatic carbocycles. The maximum atomic E-state index is 11.8. The maximum absolute atomic E-state index is 11.8. The molecule has 1 aromatic heterocycles. The van der Waals surface area contributed by atoms with Crippen LogP contribution in [0.4, 0.5) is 0 Å². The molecule has 15 heavy (non-hydrogen) atoms. The summed E-state index contributed by atoms with van der Waals surface area (Å²) in [5.41, 5.74) is 1.27. The number of hydrogen-bond donors (Lipinski definition) is 0. The summed E-state index contributed by atoms with van der Waals surface area (Å²) in [6.07, 6.45) is 0. The van der Waals surface area contributed by atoms with Crippen LogP contribution in [0, 0.1) is 0 Å². The van der Waals surface area contributed by atoms with Crippen LogP contribution in [0.15, 0.2) is 41.2 Å². The summed E-state index contributed by atoms with van der Waals surface area (Å²) in [6, 6.07) is 11.0. The molecule has 0 radical (unpaired) electrons. The van der Waals surface area contributed by atoms with Gasteiger partial charge in [-0.3, -0.25) is 4.79 Å². The Bertz CT molecular complexity index is 534. The molecule has 1 aromatic carbocycles. The SMILES string of the molecule is Cn1nc(Cl)cc(-c2ccccc2)c1=O. The highest BCUT2D eigenvalue weighted by molar-refractivity contribution is 6.29. The fraction of sp³-hybridized carbons (Fsp3) is 0.0909. The Balaban J connectivity index is 2.69. The van der Waals surface area contributed by atoms with Gasteiger partial charge in [0.1, 0.15) is 5.15 Å². The zero-order chi connectivity index (χ0) is 10.8. The molecule has 0 aliphatic rings. The molecule has 0 N–H and O–H groups in total. The third kappa shape index (κ3) is 1.92. The second kappa shape index (κ2) is 3.87. The van der Waals surface area contributed by atoms with Crippen molar-refractivity contribution in [1.29, 1.82) is 0 Å². The molecule has 0 atom stereocenters. The fourth-order valence-electron chi connectivity index (χ4n) is 1.40. The van der Waals surface area contributed by atoms with Crippen LogP contribution in [-0.4, -0.2) is 9.78 Å². The lowest BCUT2D eigenvalue weighted by Gasteiger charge is -2.03. The van der Waals surface area contributed by atoms with Crippen LogP contribution in [0.3, 0.4) is 0 Å². The van der Waals surface area contributed by atoms with Crippen molar-refractivity contribution in [3.63, 3.8) is 0 Å². The first-order valence-electron chi connectivity index (χ1n) is 4.48. The first-order valence-corrected chi connectivity index (χ1v) is 4.85. The molecule has 76 valence electrons. The van der Waals surface area contributed by atoms with Crippen molar-refractivity contribution in [2.24, 2.45) is 7.05 Å². The van der Waals surface area contributed by atoms with E-state index in [0.717, 1.165) is 5.56 Å². The van der Waals surface area contributed by atoms with Crippen molar-refractivity contribution in [2.75, 3.05) is 0 Å². The van der Waals surface area contributed by atoms with Gasteiger partial charge in [0.15, 0.2) is 0 Å². The van der Waals surface area contributed by atoms with Crippen LogP contribution in [0.5, 0.6) is 0 Å². The molecule has 0 bridgehead atoms. The van der Waals surface area contributed by atoms with Crippen molar-refractivity contribution >= 4 is 11.6 Å². The van der Waals surface area contributed by atoms with Crippen LogP contribution in [0.25, 0.3) is 11.1 Å². The van der Waals surface area contributed by atoms with E-state index < -0.39 is 0 Å². The summed E-state index contributed by atoms with van der Waals surface area (Å²) in [5, 5.41) is 4.14. The Morgan fingerprint density at radius 2 is 1.93 bits per heavy atom. The number of rotatable bonds is 1. The summed E-state index contributed by atoms with van der Waals surface area (Å²) >= 11 is 5.80. The van der Waals surface area contributed by atoms with Crippen LogP contribution >= 0.6 is 11.6 Å². The Morgan fingerprint density at radius 1 is 1.27 bits per heavy atom. The van der Waals surface area contributed by atoms with E-state index in [1.807, 2.05) is 30.3 Å². The molecule has 2 rings (SSSR count). The molecule has 0 saturated heterocycles. The molecule has 4 heteroatoms. The van der Waals surface area contributed by atoms with E-state index in [-0.39, 0.29) is 5.56 Å². The van der Waals surface area contributed by atoms with Gasteiger partial charge in [-0.25, -0.2) is 4.68 Å². The van der Waals surface area contributed by atoms with E-state index in [1.54, 1.807) is 13.1 Å². The zero-order valence-electron chi connectivity index (χ0n) is 8.14. The van der Waals surface area contributed by atoms with E-state index >= 15 is 0 Å². The third-order valence-corrected chi connectivity index (χ3v) is 2.30. The highest BCUT2D eigenvalue weighted by Gasteiger charge is 2.06. The second-order valence-electron chi connectivity index (χ2n) is 3.18. The lowest BCUT2D eigenvalue weighted by Crippen LogP contribution is -2.21. The summed E-state index contributed by atoms with van der Waals surface area (Å²) in [7, 11) is 1.58. The fourth-order valence-corrected chi connectivity index (χ4v) is 1.62. The highest BCUT2D eigenvalue weighted by atomic mass is 35.5. The average molecular weight is 221 g/mol. The van der Waals surface area contributed by atoms with Crippen molar-refractivity contribution in [2.45, 2.75) is 0 Å². The molecule has 0 amide bonds.